The lowest BCUT2D eigenvalue weighted by atomic mass is 10.2. The third-order valence-electron chi connectivity index (χ3n) is 2.70. The van der Waals surface area contributed by atoms with Crippen LogP contribution in [0.4, 0.5) is 0 Å². The molecule has 0 N–H and O–H groups in total. The Labute approximate surface area is 119 Å². The van der Waals surface area contributed by atoms with Gasteiger partial charge in [0, 0.05) is 16.5 Å². The summed E-state index contributed by atoms with van der Waals surface area (Å²) < 4.78 is 15.4. The second-order valence-electron chi connectivity index (χ2n) is 4.30. The highest BCUT2D eigenvalue weighted by Gasteiger charge is 2.15. The fourth-order valence-electron chi connectivity index (χ4n) is 1.81. The number of halogens is 1. The maximum absolute atomic E-state index is 11.9. The molecule has 0 aliphatic carbocycles. The van der Waals surface area contributed by atoms with Gasteiger partial charge in [0.25, 0.3) is 0 Å². The molecule has 0 radical (unpaired) electrons. The molecule has 2 aromatic heterocycles. The van der Waals surface area contributed by atoms with Gasteiger partial charge >= 0.3 is 5.97 Å². The van der Waals surface area contributed by atoms with E-state index in [2.05, 4.69) is 5.16 Å². The first-order valence-electron chi connectivity index (χ1n) is 5.90. The summed E-state index contributed by atoms with van der Waals surface area (Å²) in [6.07, 6.45) is 0. The van der Waals surface area contributed by atoms with Crippen molar-refractivity contribution >= 4 is 28.5 Å². The van der Waals surface area contributed by atoms with Gasteiger partial charge in [-0.2, -0.15) is 0 Å². The lowest BCUT2D eigenvalue weighted by Crippen LogP contribution is -2.03. The van der Waals surface area contributed by atoms with Gasteiger partial charge in [-0.3, -0.25) is 0 Å². The molecule has 0 amide bonds. The first-order chi connectivity index (χ1) is 9.61. The zero-order valence-electron chi connectivity index (χ0n) is 10.6. The fourth-order valence-corrected chi connectivity index (χ4v) is 1.99. The molecule has 0 spiro atoms. The van der Waals surface area contributed by atoms with Crippen molar-refractivity contribution in [3.63, 3.8) is 0 Å². The van der Waals surface area contributed by atoms with Crippen molar-refractivity contribution in [3.05, 3.63) is 52.6 Å². The van der Waals surface area contributed by atoms with E-state index in [0.29, 0.717) is 16.4 Å². The number of rotatable bonds is 3. The second kappa shape index (κ2) is 5.02. The molecule has 2 heterocycles. The van der Waals surface area contributed by atoms with Crippen LogP contribution in [-0.4, -0.2) is 11.1 Å². The number of aromatic nitrogens is 1. The number of carbonyl (C=O) groups is 1. The topological polar surface area (TPSA) is 65.5 Å². The Balaban J connectivity index is 1.75. The van der Waals surface area contributed by atoms with E-state index in [1.54, 1.807) is 37.3 Å². The molecule has 3 aromatic rings. The van der Waals surface area contributed by atoms with Crippen molar-refractivity contribution in [2.75, 3.05) is 0 Å². The zero-order chi connectivity index (χ0) is 14.1. The molecule has 102 valence electrons. The number of fused-ring (bicyclic) bond motifs is 1. The summed E-state index contributed by atoms with van der Waals surface area (Å²) in [6.45, 7) is 1.80. The summed E-state index contributed by atoms with van der Waals surface area (Å²) in [5, 5.41) is 5.04. The van der Waals surface area contributed by atoms with Gasteiger partial charge < -0.3 is 13.7 Å². The molecule has 6 heteroatoms. The predicted octanol–water partition coefficient (Wildman–Crippen LogP) is 3.74. The molecule has 5 nitrogen and oxygen atoms in total. The highest BCUT2D eigenvalue weighted by Crippen LogP contribution is 2.23. The van der Waals surface area contributed by atoms with Crippen LogP contribution < -0.4 is 0 Å². The Morgan fingerprint density at radius 1 is 1.35 bits per heavy atom. The minimum atomic E-state index is -0.564. The van der Waals surface area contributed by atoms with Gasteiger partial charge in [0.2, 0.25) is 5.76 Å². The monoisotopic (exact) mass is 291 g/mol. The molecular weight excluding hydrogens is 282 g/mol. The van der Waals surface area contributed by atoms with E-state index in [-0.39, 0.29) is 12.4 Å². The van der Waals surface area contributed by atoms with Gasteiger partial charge in [-0.15, -0.1) is 0 Å². The van der Waals surface area contributed by atoms with E-state index in [0.717, 1.165) is 11.1 Å². The summed E-state index contributed by atoms with van der Waals surface area (Å²) in [5.74, 6) is 0.0416. The molecule has 0 atom stereocenters. The van der Waals surface area contributed by atoms with Gasteiger partial charge in [-0.05, 0) is 31.2 Å². The molecule has 20 heavy (non-hydrogen) atoms. The predicted molar refractivity (Wildman–Crippen MR) is 71.6 cm³/mol. The van der Waals surface area contributed by atoms with Crippen LogP contribution in [0.25, 0.3) is 11.0 Å². The lowest BCUT2D eigenvalue weighted by molar-refractivity contribution is 0.0404. The number of hydrogen-bond donors (Lipinski definition) is 0. The number of furan rings is 1. The van der Waals surface area contributed by atoms with Crippen molar-refractivity contribution in [2.45, 2.75) is 13.5 Å². The minimum Gasteiger partial charge on any atom is -0.452 e. The molecule has 0 saturated heterocycles. The molecule has 0 saturated carbocycles. The average molecular weight is 292 g/mol. The smallest absolute Gasteiger partial charge is 0.374 e. The first-order valence-corrected chi connectivity index (χ1v) is 6.28. The van der Waals surface area contributed by atoms with Crippen molar-refractivity contribution < 1.29 is 18.5 Å². The highest BCUT2D eigenvalue weighted by molar-refractivity contribution is 6.31. The van der Waals surface area contributed by atoms with Gasteiger partial charge in [0.1, 0.15) is 5.58 Å². The highest BCUT2D eigenvalue weighted by atomic mass is 35.5. The van der Waals surface area contributed by atoms with Gasteiger partial charge in [-0.25, -0.2) is 4.79 Å². The summed E-state index contributed by atoms with van der Waals surface area (Å²) in [5.41, 5.74) is 1.31. The quantitative estimate of drug-likeness (QED) is 0.688. The Morgan fingerprint density at radius 3 is 2.95 bits per heavy atom. The third kappa shape index (κ3) is 2.53. The number of ether oxygens (including phenoxy) is 1. The van der Waals surface area contributed by atoms with Crippen LogP contribution in [0.15, 0.2) is 39.3 Å². The van der Waals surface area contributed by atoms with Crippen molar-refractivity contribution in [2.24, 2.45) is 0 Å². The number of carbonyl (C=O) groups excluding carboxylic acids is 1. The van der Waals surface area contributed by atoms with E-state index < -0.39 is 5.97 Å². The third-order valence-corrected chi connectivity index (χ3v) is 2.94. The number of benzene rings is 1. The van der Waals surface area contributed by atoms with Gasteiger partial charge in [0.05, 0.1) is 5.69 Å². The SMILES string of the molecule is Cc1cc(COC(=O)c2cc3cc(Cl)ccc3o2)on1. The van der Waals surface area contributed by atoms with Crippen LogP contribution in [0, 0.1) is 6.92 Å². The number of esters is 1. The first kappa shape index (κ1) is 12.7. The molecule has 3 rings (SSSR count). The van der Waals surface area contributed by atoms with Gasteiger partial charge in [0.15, 0.2) is 12.4 Å². The maximum Gasteiger partial charge on any atom is 0.374 e. The van der Waals surface area contributed by atoms with E-state index in [1.807, 2.05) is 0 Å². The molecule has 0 bridgehead atoms. The minimum absolute atomic E-state index is 0.0114. The van der Waals surface area contributed by atoms with Crippen LogP contribution in [0.2, 0.25) is 5.02 Å². The largest absolute Gasteiger partial charge is 0.452 e. The van der Waals surface area contributed by atoms with E-state index >= 15 is 0 Å². The molecule has 0 aliphatic rings. The lowest BCUT2D eigenvalue weighted by Gasteiger charge is -1.98. The second-order valence-corrected chi connectivity index (χ2v) is 4.74. The van der Waals surface area contributed by atoms with Crippen molar-refractivity contribution in [1.82, 2.24) is 5.16 Å². The zero-order valence-corrected chi connectivity index (χ0v) is 11.3. The summed E-state index contributed by atoms with van der Waals surface area (Å²) in [7, 11) is 0. The molecule has 0 fully saturated rings. The molecule has 0 unspecified atom stereocenters. The Hall–Kier alpha value is -2.27. The average Bonchev–Trinajstić information content (AvgIpc) is 3.01. The van der Waals surface area contributed by atoms with Crippen LogP contribution in [0.5, 0.6) is 0 Å². The summed E-state index contributed by atoms with van der Waals surface area (Å²) in [4.78, 5) is 11.9. The molecular formula is C14H10ClNO4. The number of aryl methyl sites for hydroxylation is 1. The summed E-state index contributed by atoms with van der Waals surface area (Å²) >= 11 is 5.87. The van der Waals surface area contributed by atoms with E-state index in [9.17, 15) is 4.79 Å². The van der Waals surface area contributed by atoms with Gasteiger partial charge in [-0.1, -0.05) is 16.8 Å². The van der Waals surface area contributed by atoms with Crippen LogP contribution in [-0.2, 0) is 11.3 Å². The van der Waals surface area contributed by atoms with Crippen LogP contribution in [0.3, 0.4) is 0 Å². The molecule has 1 aromatic carbocycles. The fraction of sp³-hybridized carbons (Fsp3) is 0.143. The summed E-state index contributed by atoms with van der Waals surface area (Å²) in [6, 6.07) is 8.41. The van der Waals surface area contributed by atoms with Crippen LogP contribution >= 0.6 is 11.6 Å². The normalized spacial score (nSPS) is 10.9. The Morgan fingerprint density at radius 2 is 2.20 bits per heavy atom. The standard InChI is InChI=1S/C14H10ClNO4/c1-8-4-11(20-16-8)7-18-14(17)13-6-9-5-10(15)2-3-12(9)19-13/h2-6H,7H2,1H3. The Bertz CT molecular complexity index is 774. The van der Waals surface area contributed by atoms with Crippen molar-refractivity contribution in [1.29, 1.82) is 0 Å². The van der Waals surface area contributed by atoms with Crippen molar-refractivity contribution in [3.8, 4) is 0 Å². The number of hydrogen-bond acceptors (Lipinski definition) is 5. The van der Waals surface area contributed by atoms with E-state index in [4.69, 9.17) is 25.3 Å². The van der Waals surface area contributed by atoms with Crippen LogP contribution in [0.1, 0.15) is 22.0 Å². The maximum atomic E-state index is 11.9. The molecule has 0 aliphatic heterocycles. The number of nitrogens with zero attached hydrogens (tertiary/aromatic N) is 1. The van der Waals surface area contributed by atoms with E-state index in [1.165, 1.54) is 0 Å². The Kier molecular flexibility index (Phi) is 3.20.